The minimum atomic E-state index is -0.583. The van der Waals surface area contributed by atoms with E-state index in [9.17, 15) is 9.90 Å². The van der Waals surface area contributed by atoms with Gasteiger partial charge in [-0.3, -0.25) is 4.90 Å². The molecular weight excluding hydrogens is 378 g/mol. The molecule has 2 aliphatic rings. The summed E-state index contributed by atoms with van der Waals surface area (Å²) in [4.78, 5) is 16.6. The molecule has 2 aromatic rings. The van der Waals surface area contributed by atoms with Crippen molar-refractivity contribution in [2.24, 2.45) is 0 Å². The topological polar surface area (TPSA) is 65.0 Å². The van der Waals surface area contributed by atoms with Crippen LogP contribution in [0.4, 0.5) is 4.79 Å². The lowest BCUT2D eigenvalue weighted by molar-refractivity contribution is 0.0900. The molecule has 2 unspecified atom stereocenters. The van der Waals surface area contributed by atoms with E-state index < -0.39 is 6.10 Å². The molecule has 30 heavy (non-hydrogen) atoms. The van der Waals surface area contributed by atoms with E-state index >= 15 is 0 Å². The number of urea groups is 1. The van der Waals surface area contributed by atoms with Crippen LogP contribution >= 0.6 is 0 Å². The predicted molar refractivity (Wildman–Crippen MR) is 116 cm³/mol. The van der Waals surface area contributed by atoms with Crippen molar-refractivity contribution >= 4 is 6.03 Å². The van der Waals surface area contributed by atoms with Gasteiger partial charge in [-0.15, -0.1) is 0 Å². The number of aliphatic hydroxyl groups is 1. The molecule has 1 fully saturated rings. The number of piperidine rings is 1. The fourth-order valence-electron chi connectivity index (χ4n) is 4.30. The van der Waals surface area contributed by atoms with Gasteiger partial charge in [0.25, 0.3) is 0 Å². The Morgan fingerprint density at radius 2 is 1.87 bits per heavy atom. The molecule has 4 rings (SSSR count). The van der Waals surface area contributed by atoms with Crippen molar-refractivity contribution in [3.63, 3.8) is 0 Å². The molecule has 2 atom stereocenters. The van der Waals surface area contributed by atoms with Gasteiger partial charge >= 0.3 is 6.03 Å². The number of aliphatic hydroxyl groups excluding tert-OH is 1. The lowest BCUT2D eigenvalue weighted by Gasteiger charge is -2.33. The van der Waals surface area contributed by atoms with E-state index in [2.05, 4.69) is 34.5 Å². The first-order valence-electron chi connectivity index (χ1n) is 10.9. The summed E-state index contributed by atoms with van der Waals surface area (Å²) >= 11 is 0. The average Bonchev–Trinajstić information content (AvgIpc) is 2.78. The Labute approximate surface area is 178 Å². The first-order chi connectivity index (χ1) is 14.7. The first-order valence-corrected chi connectivity index (χ1v) is 10.9. The predicted octanol–water partition coefficient (Wildman–Crippen LogP) is 2.66. The first kappa shape index (κ1) is 20.7. The molecule has 2 aliphatic heterocycles. The number of rotatable bonds is 6. The molecule has 0 saturated carbocycles. The van der Waals surface area contributed by atoms with Crippen LogP contribution in [-0.4, -0.2) is 65.9 Å². The van der Waals surface area contributed by atoms with Gasteiger partial charge in [0.05, 0.1) is 12.6 Å². The zero-order valence-electron chi connectivity index (χ0n) is 17.4. The van der Waals surface area contributed by atoms with E-state index in [0.717, 1.165) is 44.6 Å². The normalized spacial score (nSPS) is 20.3. The van der Waals surface area contributed by atoms with Gasteiger partial charge in [0.15, 0.2) is 0 Å². The van der Waals surface area contributed by atoms with Crippen LogP contribution in [0.3, 0.4) is 0 Å². The second kappa shape index (κ2) is 9.96. The van der Waals surface area contributed by atoms with Gasteiger partial charge in [0.1, 0.15) is 11.9 Å². The van der Waals surface area contributed by atoms with Crippen LogP contribution in [-0.2, 0) is 13.0 Å². The molecule has 0 bridgehead atoms. The van der Waals surface area contributed by atoms with Crippen molar-refractivity contribution in [2.45, 2.75) is 38.0 Å². The second-order valence-electron chi connectivity index (χ2n) is 8.23. The third-order valence-corrected chi connectivity index (χ3v) is 5.88. The van der Waals surface area contributed by atoms with Gasteiger partial charge in [0, 0.05) is 32.7 Å². The van der Waals surface area contributed by atoms with Crippen LogP contribution < -0.4 is 10.1 Å². The van der Waals surface area contributed by atoms with Gasteiger partial charge in [-0.25, -0.2) is 4.79 Å². The highest BCUT2D eigenvalue weighted by atomic mass is 16.5. The maximum Gasteiger partial charge on any atom is 0.317 e. The van der Waals surface area contributed by atoms with Crippen LogP contribution in [0.25, 0.3) is 0 Å². The summed E-state index contributed by atoms with van der Waals surface area (Å²) in [6.07, 6.45) is 2.29. The highest BCUT2D eigenvalue weighted by Crippen LogP contribution is 2.19. The van der Waals surface area contributed by atoms with E-state index in [1.165, 1.54) is 11.1 Å². The molecule has 1 saturated heterocycles. The summed E-state index contributed by atoms with van der Waals surface area (Å²) in [6.45, 7) is 3.91. The highest BCUT2D eigenvalue weighted by Gasteiger charge is 2.25. The number of carbonyl (C=O) groups excluding carboxylic acids is 1. The summed E-state index contributed by atoms with van der Waals surface area (Å²) in [5.41, 5.74) is 2.73. The standard InChI is InChI=1S/C24H31N3O3/c28-21(17-26-14-12-19-7-4-5-8-20(19)16-26)15-25-24(29)27-13-6-11-23(18-27)30-22-9-2-1-3-10-22/h1-5,7-10,21,23,28H,6,11-18H2,(H,25,29). The van der Waals surface area contributed by atoms with Crippen molar-refractivity contribution in [1.29, 1.82) is 0 Å². The van der Waals surface area contributed by atoms with Crippen molar-refractivity contribution in [3.05, 3.63) is 65.7 Å². The lowest BCUT2D eigenvalue weighted by Crippen LogP contribution is -2.50. The molecule has 0 aliphatic carbocycles. The molecule has 6 nitrogen and oxygen atoms in total. The second-order valence-corrected chi connectivity index (χ2v) is 8.23. The summed E-state index contributed by atoms with van der Waals surface area (Å²) in [6, 6.07) is 18.1. The molecule has 0 radical (unpaired) electrons. The van der Waals surface area contributed by atoms with Gasteiger partial charge in [-0.05, 0) is 42.5 Å². The highest BCUT2D eigenvalue weighted by molar-refractivity contribution is 5.74. The van der Waals surface area contributed by atoms with E-state index in [1.54, 1.807) is 4.90 Å². The minimum Gasteiger partial charge on any atom is -0.489 e. The fraction of sp³-hybridized carbons (Fsp3) is 0.458. The largest absolute Gasteiger partial charge is 0.489 e. The number of benzene rings is 2. The van der Waals surface area contributed by atoms with Crippen molar-refractivity contribution < 1.29 is 14.6 Å². The van der Waals surface area contributed by atoms with Crippen molar-refractivity contribution in [3.8, 4) is 5.75 Å². The Morgan fingerprint density at radius 1 is 1.10 bits per heavy atom. The summed E-state index contributed by atoms with van der Waals surface area (Å²) < 4.78 is 6.01. The van der Waals surface area contributed by atoms with Crippen LogP contribution in [0.5, 0.6) is 5.75 Å². The summed E-state index contributed by atoms with van der Waals surface area (Å²) in [7, 11) is 0. The fourth-order valence-corrected chi connectivity index (χ4v) is 4.30. The SMILES string of the molecule is O=C(NCC(O)CN1CCc2ccccc2C1)N1CCCC(Oc2ccccc2)C1. The van der Waals surface area contributed by atoms with E-state index in [0.29, 0.717) is 13.1 Å². The zero-order valence-corrected chi connectivity index (χ0v) is 17.4. The Morgan fingerprint density at radius 3 is 2.70 bits per heavy atom. The van der Waals surface area contributed by atoms with Gasteiger partial charge < -0.3 is 20.1 Å². The number of hydrogen-bond acceptors (Lipinski definition) is 4. The summed E-state index contributed by atoms with van der Waals surface area (Å²) in [5, 5.41) is 13.3. The number of β-amino-alcohol motifs (C(OH)–C–C–N with tert-alkyl or cyclic N) is 1. The average molecular weight is 410 g/mol. The lowest BCUT2D eigenvalue weighted by atomic mass is 10.00. The number of fused-ring (bicyclic) bond motifs is 1. The Kier molecular flexibility index (Phi) is 6.87. The zero-order chi connectivity index (χ0) is 20.8. The van der Waals surface area contributed by atoms with Crippen LogP contribution in [0.2, 0.25) is 0 Å². The minimum absolute atomic E-state index is 0.00485. The Balaban J connectivity index is 1.20. The molecule has 2 heterocycles. The molecular formula is C24H31N3O3. The van der Waals surface area contributed by atoms with Gasteiger partial charge in [0.2, 0.25) is 0 Å². The number of para-hydroxylation sites is 1. The monoisotopic (exact) mass is 409 g/mol. The van der Waals surface area contributed by atoms with Crippen LogP contribution in [0, 0.1) is 0 Å². The van der Waals surface area contributed by atoms with Crippen molar-refractivity contribution in [1.82, 2.24) is 15.1 Å². The number of likely N-dealkylation sites (tertiary alicyclic amines) is 1. The molecule has 0 spiro atoms. The quantitative estimate of drug-likeness (QED) is 0.770. The van der Waals surface area contributed by atoms with Crippen molar-refractivity contribution in [2.75, 3.05) is 32.7 Å². The van der Waals surface area contributed by atoms with Gasteiger partial charge in [-0.1, -0.05) is 42.5 Å². The van der Waals surface area contributed by atoms with Crippen LogP contribution in [0.1, 0.15) is 24.0 Å². The third-order valence-electron chi connectivity index (χ3n) is 5.88. The molecule has 2 amide bonds. The van der Waals surface area contributed by atoms with Gasteiger partial charge in [-0.2, -0.15) is 0 Å². The summed E-state index contributed by atoms with van der Waals surface area (Å²) in [5.74, 6) is 0.836. The van der Waals surface area contributed by atoms with E-state index in [1.807, 2.05) is 30.3 Å². The molecule has 160 valence electrons. The molecule has 0 aromatic heterocycles. The number of nitrogens with one attached hydrogen (secondary N) is 1. The number of ether oxygens (including phenoxy) is 1. The molecule has 2 aromatic carbocycles. The third kappa shape index (κ3) is 5.52. The smallest absolute Gasteiger partial charge is 0.317 e. The molecule has 2 N–H and O–H groups in total. The number of hydrogen-bond donors (Lipinski definition) is 2. The number of nitrogens with zero attached hydrogens (tertiary/aromatic N) is 2. The molecule has 6 heteroatoms. The van der Waals surface area contributed by atoms with E-state index in [-0.39, 0.29) is 18.7 Å². The van der Waals surface area contributed by atoms with E-state index in [4.69, 9.17) is 4.74 Å². The Hall–Kier alpha value is -2.57. The Bertz CT molecular complexity index is 829. The maximum atomic E-state index is 12.6. The van der Waals surface area contributed by atoms with Crippen LogP contribution in [0.15, 0.2) is 54.6 Å². The number of amides is 2. The maximum absolute atomic E-state index is 12.6. The number of carbonyl (C=O) groups is 1.